The lowest BCUT2D eigenvalue weighted by Gasteiger charge is -2.24. The van der Waals surface area contributed by atoms with Gasteiger partial charge in [-0.05, 0) is 40.9 Å². The number of benzene rings is 1. The number of hydrogen-bond donors (Lipinski definition) is 1. The van der Waals surface area contributed by atoms with E-state index in [2.05, 4.69) is 22.8 Å². The Kier molecular flexibility index (Phi) is 3.36. The molecule has 0 saturated heterocycles. The predicted molar refractivity (Wildman–Crippen MR) is 78.3 cm³/mol. The molecule has 0 saturated carbocycles. The number of nitrogens with zero attached hydrogens (tertiary/aromatic N) is 1. The number of carbonyl (C=O) groups excluding carboxylic acids is 1. The molecule has 19 heavy (non-hydrogen) atoms. The Morgan fingerprint density at radius 1 is 1.37 bits per heavy atom. The Morgan fingerprint density at radius 2 is 2.21 bits per heavy atom. The van der Waals surface area contributed by atoms with Crippen LogP contribution in [0.2, 0.25) is 0 Å². The summed E-state index contributed by atoms with van der Waals surface area (Å²) in [4.78, 5) is 14.4. The molecule has 3 rings (SSSR count). The van der Waals surface area contributed by atoms with Gasteiger partial charge >= 0.3 is 0 Å². The molecule has 0 fully saturated rings. The van der Waals surface area contributed by atoms with E-state index in [0.717, 1.165) is 12.2 Å². The Balaban J connectivity index is 2.00. The summed E-state index contributed by atoms with van der Waals surface area (Å²) in [5.41, 5.74) is 3.38. The fourth-order valence-corrected chi connectivity index (χ4v) is 3.01. The van der Waals surface area contributed by atoms with Crippen molar-refractivity contribution in [3.63, 3.8) is 0 Å². The molecule has 1 aliphatic heterocycles. The van der Waals surface area contributed by atoms with Crippen molar-refractivity contribution in [1.29, 1.82) is 0 Å². The maximum Gasteiger partial charge on any atom is 0.244 e. The van der Waals surface area contributed by atoms with Crippen LogP contribution in [-0.2, 0) is 17.9 Å². The first-order valence-electron chi connectivity index (χ1n) is 6.39. The summed E-state index contributed by atoms with van der Waals surface area (Å²) in [6, 6.07) is 10.0. The van der Waals surface area contributed by atoms with Gasteiger partial charge in [0.25, 0.3) is 0 Å². The third-order valence-corrected chi connectivity index (χ3v) is 4.17. The second kappa shape index (κ2) is 5.15. The average Bonchev–Trinajstić information content (AvgIpc) is 2.91. The molecule has 3 nitrogen and oxygen atoms in total. The second-order valence-corrected chi connectivity index (χ2v) is 5.57. The molecule has 0 radical (unpaired) electrons. The summed E-state index contributed by atoms with van der Waals surface area (Å²) in [6.45, 7) is 3.31. The third kappa shape index (κ3) is 2.41. The monoisotopic (exact) mass is 272 g/mol. The summed E-state index contributed by atoms with van der Waals surface area (Å²) < 4.78 is 0. The van der Waals surface area contributed by atoms with Gasteiger partial charge < -0.3 is 10.2 Å². The van der Waals surface area contributed by atoms with Crippen LogP contribution in [0, 0.1) is 0 Å². The quantitative estimate of drug-likeness (QED) is 0.911. The smallest absolute Gasteiger partial charge is 0.244 e. The molecule has 2 heterocycles. The highest BCUT2D eigenvalue weighted by molar-refractivity contribution is 7.07. The van der Waals surface area contributed by atoms with Crippen LogP contribution in [0.15, 0.2) is 41.1 Å². The Hall–Kier alpha value is -1.65. The highest BCUT2D eigenvalue weighted by atomic mass is 32.1. The minimum atomic E-state index is -0.147. The van der Waals surface area contributed by atoms with Crippen molar-refractivity contribution in [3.8, 4) is 0 Å². The van der Waals surface area contributed by atoms with Crippen molar-refractivity contribution >= 4 is 22.9 Å². The number of nitrogens with one attached hydrogen (secondary N) is 1. The Morgan fingerprint density at radius 3 is 3.00 bits per heavy atom. The minimum absolute atomic E-state index is 0.135. The maximum absolute atomic E-state index is 12.5. The normalized spacial score (nSPS) is 19.1. The van der Waals surface area contributed by atoms with E-state index in [4.69, 9.17) is 0 Å². The van der Waals surface area contributed by atoms with Crippen molar-refractivity contribution in [2.24, 2.45) is 0 Å². The van der Waals surface area contributed by atoms with Gasteiger partial charge in [-0.15, -0.1) is 0 Å². The molecule has 98 valence electrons. The SMILES string of the molecule is CC1NCc2ccccc2N(Cc2ccsc2)C1=O. The molecular formula is C15H16N2OS. The number of amides is 1. The summed E-state index contributed by atoms with van der Waals surface area (Å²) >= 11 is 1.66. The molecule has 1 aliphatic rings. The Labute approximate surface area is 116 Å². The fraction of sp³-hybridized carbons (Fsp3) is 0.267. The van der Waals surface area contributed by atoms with Crippen LogP contribution in [0.5, 0.6) is 0 Å². The molecule has 0 spiro atoms. The zero-order valence-corrected chi connectivity index (χ0v) is 11.6. The predicted octanol–water partition coefficient (Wildman–Crippen LogP) is 2.77. The van der Waals surface area contributed by atoms with Gasteiger partial charge in [0.15, 0.2) is 0 Å². The third-order valence-electron chi connectivity index (χ3n) is 3.44. The van der Waals surface area contributed by atoms with Crippen molar-refractivity contribution in [1.82, 2.24) is 5.32 Å². The van der Waals surface area contributed by atoms with Gasteiger partial charge in [0, 0.05) is 12.2 Å². The van der Waals surface area contributed by atoms with Crippen LogP contribution >= 0.6 is 11.3 Å². The number of carbonyl (C=O) groups is 1. The van der Waals surface area contributed by atoms with E-state index in [1.807, 2.05) is 35.4 Å². The van der Waals surface area contributed by atoms with Crippen molar-refractivity contribution < 1.29 is 4.79 Å². The first kappa shape index (κ1) is 12.4. The van der Waals surface area contributed by atoms with Crippen LogP contribution < -0.4 is 10.2 Å². The highest BCUT2D eigenvalue weighted by Gasteiger charge is 2.26. The van der Waals surface area contributed by atoms with Crippen LogP contribution in [0.4, 0.5) is 5.69 Å². The summed E-state index contributed by atoms with van der Waals surface area (Å²) in [6.07, 6.45) is 0. The van der Waals surface area contributed by atoms with Crippen molar-refractivity contribution in [3.05, 3.63) is 52.2 Å². The standard InChI is InChI=1S/C15H16N2OS/c1-11-15(18)17(9-12-6-7-19-10-12)14-5-3-2-4-13(14)8-16-11/h2-7,10-11,16H,8-9H2,1H3. The van der Waals surface area contributed by atoms with Crippen molar-refractivity contribution in [2.45, 2.75) is 26.1 Å². The van der Waals surface area contributed by atoms with E-state index in [9.17, 15) is 4.79 Å². The number of para-hydroxylation sites is 1. The molecule has 4 heteroatoms. The molecule has 1 unspecified atom stereocenters. The largest absolute Gasteiger partial charge is 0.306 e. The lowest BCUT2D eigenvalue weighted by atomic mass is 10.1. The summed E-state index contributed by atoms with van der Waals surface area (Å²) in [7, 11) is 0. The molecule has 2 aromatic rings. The number of thiophene rings is 1. The zero-order valence-electron chi connectivity index (χ0n) is 10.8. The average molecular weight is 272 g/mol. The maximum atomic E-state index is 12.5. The van der Waals surface area contributed by atoms with E-state index in [1.54, 1.807) is 11.3 Å². The van der Waals surface area contributed by atoms with Gasteiger partial charge in [0.1, 0.15) is 0 Å². The number of anilines is 1. The highest BCUT2D eigenvalue weighted by Crippen LogP contribution is 2.26. The molecule has 1 amide bonds. The summed E-state index contributed by atoms with van der Waals surface area (Å²) in [5, 5.41) is 7.41. The number of hydrogen-bond acceptors (Lipinski definition) is 3. The van der Waals surface area contributed by atoms with E-state index in [0.29, 0.717) is 6.54 Å². The first-order valence-corrected chi connectivity index (χ1v) is 7.34. The van der Waals surface area contributed by atoms with Crippen LogP contribution in [-0.4, -0.2) is 11.9 Å². The Bertz CT molecular complexity index is 580. The topological polar surface area (TPSA) is 32.3 Å². The second-order valence-electron chi connectivity index (χ2n) is 4.79. The van der Waals surface area contributed by atoms with Crippen LogP contribution in [0.1, 0.15) is 18.1 Å². The zero-order chi connectivity index (χ0) is 13.2. The van der Waals surface area contributed by atoms with Gasteiger partial charge in [-0.3, -0.25) is 4.79 Å². The molecular weight excluding hydrogens is 256 g/mol. The lowest BCUT2D eigenvalue weighted by molar-refractivity contribution is -0.120. The number of rotatable bonds is 2. The molecule has 1 aromatic carbocycles. The van der Waals surface area contributed by atoms with E-state index < -0.39 is 0 Å². The molecule has 1 N–H and O–H groups in total. The van der Waals surface area contributed by atoms with Gasteiger partial charge in [-0.1, -0.05) is 18.2 Å². The number of fused-ring (bicyclic) bond motifs is 1. The molecule has 1 aromatic heterocycles. The fourth-order valence-electron chi connectivity index (χ4n) is 2.35. The minimum Gasteiger partial charge on any atom is -0.306 e. The molecule has 0 aliphatic carbocycles. The van der Waals surface area contributed by atoms with E-state index >= 15 is 0 Å². The van der Waals surface area contributed by atoms with Crippen LogP contribution in [0.25, 0.3) is 0 Å². The lowest BCUT2D eigenvalue weighted by Crippen LogP contribution is -2.41. The first-order chi connectivity index (χ1) is 9.25. The van der Waals surface area contributed by atoms with E-state index in [-0.39, 0.29) is 11.9 Å². The molecule has 0 bridgehead atoms. The van der Waals surface area contributed by atoms with Crippen molar-refractivity contribution in [2.75, 3.05) is 4.90 Å². The molecule has 1 atom stereocenters. The van der Waals surface area contributed by atoms with Gasteiger partial charge in [0.05, 0.1) is 12.6 Å². The van der Waals surface area contributed by atoms with Gasteiger partial charge in [-0.25, -0.2) is 0 Å². The van der Waals surface area contributed by atoms with Gasteiger partial charge in [-0.2, -0.15) is 11.3 Å². The van der Waals surface area contributed by atoms with Crippen LogP contribution in [0.3, 0.4) is 0 Å². The van der Waals surface area contributed by atoms with E-state index in [1.165, 1.54) is 11.1 Å². The van der Waals surface area contributed by atoms with Gasteiger partial charge in [0.2, 0.25) is 5.91 Å². The summed E-state index contributed by atoms with van der Waals surface area (Å²) in [5.74, 6) is 0.135.